The van der Waals surface area contributed by atoms with Crippen LogP contribution in [0.25, 0.3) is 11.4 Å². The first-order chi connectivity index (χ1) is 16.5. The molecule has 34 heavy (non-hydrogen) atoms. The van der Waals surface area contributed by atoms with Gasteiger partial charge in [0, 0.05) is 41.5 Å². The molecule has 0 aliphatic carbocycles. The summed E-state index contributed by atoms with van der Waals surface area (Å²) in [4.78, 5) is 32.8. The lowest BCUT2D eigenvalue weighted by Crippen LogP contribution is -2.31. The molecule has 10 nitrogen and oxygen atoms in total. The van der Waals surface area contributed by atoms with Gasteiger partial charge in [0.25, 0.3) is 11.6 Å². The van der Waals surface area contributed by atoms with Crippen LogP contribution in [0.1, 0.15) is 18.5 Å². The van der Waals surface area contributed by atoms with Crippen molar-refractivity contribution in [1.29, 1.82) is 0 Å². The number of nitrogens with zero attached hydrogens (tertiary/aromatic N) is 5. The lowest BCUT2D eigenvalue weighted by molar-refractivity contribution is -0.384. The zero-order valence-electron chi connectivity index (χ0n) is 18.0. The highest BCUT2D eigenvalue weighted by Gasteiger charge is 2.34. The number of rotatable bonds is 5. The molecule has 1 atom stereocenters. The highest BCUT2D eigenvalue weighted by Crippen LogP contribution is 2.37. The number of allylic oxidation sites excluding steroid dienone is 1. The van der Waals surface area contributed by atoms with Crippen molar-refractivity contribution in [3.8, 4) is 11.4 Å². The van der Waals surface area contributed by atoms with Gasteiger partial charge < -0.3 is 10.6 Å². The molecule has 2 aromatic carbocycles. The van der Waals surface area contributed by atoms with Crippen LogP contribution in [0, 0.1) is 10.1 Å². The van der Waals surface area contributed by atoms with Crippen molar-refractivity contribution < 1.29 is 9.72 Å². The summed E-state index contributed by atoms with van der Waals surface area (Å²) < 4.78 is 1.63. The van der Waals surface area contributed by atoms with E-state index in [0.29, 0.717) is 34.3 Å². The maximum absolute atomic E-state index is 13.4. The number of aromatic nitrogens is 4. The van der Waals surface area contributed by atoms with E-state index in [-0.39, 0.29) is 11.6 Å². The maximum Gasteiger partial charge on any atom is 0.269 e. The largest absolute Gasteiger partial charge is 0.328 e. The summed E-state index contributed by atoms with van der Waals surface area (Å²) in [5.41, 5.74) is 3.09. The van der Waals surface area contributed by atoms with Crippen molar-refractivity contribution in [1.82, 2.24) is 19.7 Å². The Hall–Kier alpha value is -4.86. The number of nitro benzene ring substituents is 1. The molecule has 0 saturated carbocycles. The van der Waals surface area contributed by atoms with E-state index in [0.717, 1.165) is 5.56 Å². The van der Waals surface area contributed by atoms with Crippen molar-refractivity contribution in [2.45, 2.75) is 13.0 Å². The Morgan fingerprint density at radius 2 is 1.76 bits per heavy atom. The summed E-state index contributed by atoms with van der Waals surface area (Å²) in [5, 5.41) is 21.9. The molecule has 0 saturated heterocycles. The number of carbonyl (C=O) groups is 1. The number of para-hydroxylation sites is 1. The third kappa shape index (κ3) is 3.88. The monoisotopic (exact) mass is 453 g/mol. The average molecular weight is 453 g/mol. The highest BCUT2D eigenvalue weighted by molar-refractivity contribution is 6.06. The number of carbonyl (C=O) groups excluding carboxylic acids is 1. The van der Waals surface area contributed by atoms with Gasteiger partial charge in [0.15, 0.2) is 5.82 Å². The Kier molecular flexibility index (Phi) is 5.30. The zero-order chi connectivity index (χ0) is 23.7. The van der Waals surface area contributed by atoms with Gasteiger partial charge in [0.1, 0.15) is 6.04 Å². The topological polar surface area (TPSA) is 128 Å². The third-order valence-electron chi connectivity index (χ3n) is 5.49. The number of pyridine rings is 1. The molecule has 4 aromatic rings. The lowest BCUT2D eigenvalue weighted by Gasteiger charge is -2.28. The number of hydrogen-bond donors (Lipinski definition) is 2. The van der Waals surface area contributed by atoms with Crippen molar-refractivity contribution >= 4 is 23.2 Å². The second-order valence-electron chi connectivity index (χ2n) is 7.67. The molecule has 0 fully saturated rings. The maximum atomic E-state index is 13.4. The van der Waals surface area contributed by atoms with Crippen LogP contribution in [-0.2, 0) is 4.79 Å². The van der Waals surface area contributed by atoms with E-state index in [1.54, 1.807) is 60.4 Å². The Morgan fingerprint density at radius 1 is 1.06 bits per heavy atom. The Bertz CT molecular complexity index is 1400. The number of benzene rings is 2. The summed E-state index contributed by atoms with van der Waals surface area (Å²) in [6.45, 7) is 1.79. The molecule has 1 amide bonds. The van der Waals surface area contributed by atoms with Crippen LogP contribution in [-0.4, -0.2) is 30.6 Å². The number of hydrogen-bond acceptors (Lipinski definition) is 7. The number of fused-ring (bicyclic) bond motifs is 1. The van der Waals surface area contributed by atoms with Gasteiger partial charge >= 0.3 is 0 Å². The lowest BCUT2D eigenvalue weighted by atomic mass is 9.95. The van der Waals surface area contributed by atoms with Crippen LogP contribution in [0.2, 0.25) is 0 Å². The number of anilines is 2. The predicted octanol–water partition coefficient (Wildman–Crippen LogP) is 4.18. The van der Waals surface area contributed by atoms with Crippen LogP contribution in [0.5, 0.6) is 0 Å². The molecule has 10 heteroatoms. The van der Waals surface area contributed by atoms with Crippen LogP contribution in [0.4, 0.5) is 17.3 Å². The van der Waals surface area contributed by atoms with E-state index in [4.69, 9.17) is 0 Å². The van der Waals surface area contributed by atoms with Gasteiger partial charge in [-0.05, 0) is 48.9 Å². The molecule has 1 aliphatic rings. The smallest absolute Gasteiger partial charge is 0.269 e. The van der Waals surface area contributed by atoms with Crippen LogP contribution in [0.3, 0.4) is 0 Å². The van der Waals surface area contributed by atoms with E-state index in [9.17, 15) is 14.9 Å². The second-order valence-corrected chi connectivity index (χ2v) is 7.67. The van der Waals surface area contributed by atoms with Crippen molar-refractivity contribution in [2.24, 2.45) is 0 Å². The summed E-state index contributed by atoms with van der Waals surface area (Å²) in [6.07, 6.45) is 3.30. The Morgan fingerprint density at radius 3 is 2.44 bits per heavy atom. The molecule has 0 bridgehead atoms. The fraction of sp³-hybridized carbons (Fsp3) is 0.0833. The van der Waals surface area contributed by atoms with Gasteiger partial charge in [-0.2, -0.15) is 4.98 Å². The number of nitrogens with one attached hydrogen (secondary N) is 2. The molecule has 2 N–H and O–H groups in total. The fourth-order valence-corrected chi connectivity index (χ4v) is 3.87. The van der Waals surface area contributed by atoms with E-state index in [1.807, 2.05) is 18.2 Å². The molecule has 1 aliphatic heterocycles. The minimum atomic E-state index is -0.649. The zero-order valence-corrected chi connectivity index (χ0v) is 18.0. The molecule has 0 radical (unpaired) electrons. The molecule has 0 spiro atoms. The van der Waals surface area contributed by atoms with Crippen LogP contribution in [0.15, 0.2) is 90.4 Å². The summed E-state index contributed by atoms with van der Waals surface area (Å²) in [6, 6.07) is 18.2. The van der Waals surface area contributed by atoms with Crippen LogP contribution >= 0.6 is 0 Å². The standard InChI is InChI=1S/C24H19N7O3/c1-15-20(23(32)27-18-5-3-2-4-6-18)21(16-7-9-19(10-8-16)31(33)34)30-24(26-15)28-22(29-30)17-11-13-25-14-12-17/h2-14,21H,1H3,(H,27,32)(H,26,28,29). The molecule has 5 rings (SSSR count). The van der Waals surface area contributed by atoms with Gasteiger partial charge in [-0.15, -0.1) is 5.10 Å². The third-order valence-corrected chi connectivity index (χ3v) is 5.49. The summed E-state index contributed by atoms with van der Waals surface area (Å²) >= 11 is 0. The second kappa shape index (κ2) is 8.58. The van der Waals surface area contributed by atoms with Gasteiger partial charge in [0.05, 0.1) is 10.5 Å². The first kappa shape index (κ1) is 21.0. The summed E-state index contributed by atoms with van der Waals surface area (Å²) in [5.74, 6) is 0.615. The molecule has 1 unspecified atom stereocenters. The predicted molar refractivity (Wildman–Crippen MR) is 126 cm³/mol. The average Bonchev–Trinajstić information content (AvgIpc) is 3.28. The number of amides is 1. The van der Waals surface area contributed by atoms with E-state index >= 15 is 0 Å². The number of nitro groups is 1. The van der Waals surface area contributed by atoms with E-state index in [2.05, 4.69) is 25.7 Å². The van der Waals surface area contributed by atoms with Gasteiger partial charge in [-0.25, -0.2) is 4.68 Å². The van der Waals surface area contributed by atoms with E-state index in [1.165, 1.54) is 12.1 Å². The Balaban J connectivity index is 1.61. The summed E-state index contributed by atoms with van der Waals surface area (Å²) in [7, 11) is 0. The normalized spacial score (nSPS) is 14.8. The minimum absolute atomic E-state index is 0.0371. The quantitative estimate of drug-likeness (QED) is 0.343. The van der Waals surface area contributed by atoms with Gasteiger partial charge in [-0.1, -0.05) is 18.2 Å². The first-order valence-corrected chi connectivity index (χ1v) is 10.5. The van der Waals surface area contributed by atoms with Gasteiger partial charge in [-0.3, -0.25) is 19.9 Å². The van der Waals surface area contributed by atoms with Crippen LogP contribution < -0.4 is 10.6 Å². The molecular formula is C24H19N7O3. The molecule has 168 valence electrons. The molecule has 2 aromatic heterocycles. The number of non-ortho nitro benzene ring substituents is 1. The fourth-order valence-electron chi connectivity index (χ4n) is 3.87. The van der Waals surface area contributed by atoms with Gasteiger partial charge in [0.2, 0.25) is 5.95 Å². The Labute approximate surface area is 194 Å². The van der Waals surface area contributed by atoms with Crippen molar-refractivity contribution in [2.75, 3.05) is 10.6 Å². The minimum Gasteiger partial charge on any atom is -0.328 e. The van der Waals surface area contributed by atoms with E-state index < -0.39 is 11.0 Å². The van der Waals surface area contributed by atoms with Crippen molar-refractivity contribution in [3.63, 3.8) is 0 Å². The van der Waals surface area contributed by atoms with Crippen molar-refractivity contribution in [3.05, 3.63) is 106 Å². The molecular weight excluding hydrogens is 434 g/mol. The highest BCUT2D eigenvalue weighted by atomic mass is 16.6. The molecule has 3 heterocycles. The SMILES string of the molecule is CC1=C(C(=O)Nc2ccccc2)C(c2ccc([N+](=O)[O-])cc2)n2nc(-c3ccncc3)nc2N1. The first-order valence-electron chi connectivity index (χ1n) is 10.5.